The molecule has 0 saturated carbocycles. The Hall–Kier alpha value is -3.24. The summed E-state index contributed by atoms with van der Waals surface area (Å²) in [7, 11) is 0. The van der Waals surface area contributed by atoms with Crippen molar-refractivity contribution in [1.82, 2.24) is 16.0 Å². The van der Waals surface area contributed by atoms with Gasteiger partial charge in [-0.1, -0.05) is 0 Å². The molecule has 6 heterocycles. The van der Waals surface area contributed by atoms with E-state index in [4.69, 9.17) is 52.1 Å². The average Bonchev–Trinajstić information content (AvgIpc) is 3.58. The van der Waals surface area contributed by atoms with Crippen molar-refractivity contribution in [2.75, 3.05) is 33.0 Å². The summed E-state index contributed by atoms with van der Waals surface area (Å²) in [4.78, 5) is 50.9. The first-order valence-corrected chi connectivity index (χ1v) is 25.6. The summed E-state index contributed by atoms with van der Waals surface area (Å²) < 4.78 is 64.2. The lowest BCUT2D eigenvalue weighted by Gasteiger charge is -2.51. The van der Waals surface area contributed by atoms with Crippen LogP contribution in [-0.2, 0) is 71.3 Å². The second-order valence-electron chi connectivity index (χ2n) is 20.4. The lowest BCUT2D eigenvalue weighted by molar-refractivity contribution is -0.386. The van der Waals surface area contributed by atoms with E-state index in [0.717, 1.165) is 20.8 Å². The predicted molar refractivity (Wildman–Crippen MR) is 250 cm³/mol. The standard InChI is InChI=1S/C45H75N3O33/c1-11-24(58)31(65)32(66)42(72-11)77-34-19(9-52)76-40(23(48-14(4)55)36(34)79-41-21(46-12(2)53)30(64)27(61)17(7-50)74-41)71-10-20-29(63)35(22(39(68)73-20)47-13(3)54)78-43-33(67)38(28(62)18(8-51)75-43)81-45(44(69)70)5-15(56)25(59)37(80-45)26(60)16(57)6-49/h11,15-43,49-52,56-68H,5-10H2,1-4H3,(H,46,53)(H,47,54)(H,48,55)(H,69,70)/t11-,15-,16+,17+,18+,19+,20+,21+,22+,23+,24+,25+,26+,27+,28-,29-,30+,31+,32-,33+,34+,35+,36+,37+,38-,39-,40+,41-,42-,43-,45-/m0/s1. The van der Waals surface area contributed by atoms with Crippen molar-refractivity contribution in [3.8, 4) is 0 Å². The average molecular weight is 1190 g/mol. The zero-order valence-electron chi connectivity index (χ0n) is 43.7. The Kier molecular flexibility index (Phi) is 23.4. The van der Waals surface area contributed by atoms with Gasteiger partial charge >= 0.3 is 5.97 Å². The number of carbonyl (C=O) groups excluding carboxylic acids is 3. The fraction of sp³-hybridized carbons (Fsp3) is 0.911. The van der Waals surface area contributed by atoms with Gasteiger partial charge in [-0.25, -0.2) is 4.79 Å². The Morgan fingerprint density at radius 2 is 1.05 bits per heavy atom. The van der Waals surface area contributed by atoms with E-state index in [-0.39, 0.29) is 0 Å². The number of hydrogen-bond acceptors (Lipinski definition) is 32. The van der Waals surface area contributed by atoms with Crippen LogP contribution in [-0.4, -0.2) is 338 Å². The molecule has 0 unspecified atom stereocenters. The highest BCUT2D eigenvalue weighted by atomic mass is 16.8. The number of amides is 3. The maximum absolute atomic E-state index is 13.1. The second kappa shape index (κ2) is 28.3. The topological polar surface area (TPSA) is 570 Å². The third-order valence-electron chi connectivity index (χ3n) is 14.5. The summed E-state index contributed by atoms with van der Waals surface area (Å²) in [6.45, 7) is -0.927. The fourth-order valence-corrected chi connectivity index (χ4v) is 10.2. The fourth-order valence-electron chi connectivity index (χ4n) is 10.2. The van der Waals surface area contributed by atoms with E-state index in [1.54, 1.807) is 0 Å². The number of carboxylic acid groups (broad SMARTS) is 1. The molecule has 0 aromatic carbocycles. The van der Waals surface area contributed by atoms with E-state index >= 15 is 0 Å². The van der Waals surface area contributed by atoms with Crippen molar-refractivity contribution >= 4 is 23.7 Å². The quantitative estimate of drug-likeness (QED) is 0.0507. The Labute approximate surface area is 459 Å². The monoisotopic (exact) mass is 1190 g/mol. The second-order valence-corrected chi connectivity index (χ2v) is 20.4. The van der Waals surface area contributed by atoms with E-state index in [1.807, 2.05) is 0 Å². The summed E-state index contributed by atoms with van der Waals surface area (Å²) in [5, 5.41) is 201. The van der Waals surface area contributed by atoms with Gasteiger partial charge in [-0.3, -0.25) is 14.4 Å². The Morgan fingerprint density at radius 3 is 1.63 bits per heavy atom. The molecule has 6 saturated heterocycles. The van der Waals surface area contributed by atoms with Crippen LogP contribution in [0.3, 0.4) is 0 Å². The van der Waals surface area contributed by atoms with E-state index in [0.29, 0.717) is 0 Å². The normalized spacial score (nSPS) is 46.7. The van der Waals surface area contributed by atoms with Gasteiger partial charge in [-0.2, -0.15) is 0 Å². The number of aliphatic hydroxyl groups is 17. The zero-order chi connectivity index (χ0) is 60.3. The minimum atomic E-state index is -3.22. The smallest absolute Gasteiger partial charge is 0.364 e. The molecule has 0 aliphatic carbocycles. The van der Waals surface area contributed by atoms with Crippen LogP contribution in [0.4, 0.5) is 0 Å². The van der Waals surface area contributed by atoms with Crippen LogP contribution < -0.4 is 16.0 Å². The molecule has 6 fully saturated rings. The van der Waals surface area contributed by atoms with E-state index in [2.05, 4.69) is 16.0 Å². The van der Waals surface area contributed by atoms with Crippen LogP contribution >= 0.6 is 0 Å². The van der Waals surface area contributed by atoms with Crippen molar-refractivity contribution in [1.29, 1.82) is 0 Å². The highest BCUT2D eigenvalue weighted by Crippen LogP contribution is 2.39. The van der Waals surface area contributed by atoms with E-state index < -0.39 is 253 Å². The first-order chi connectivity index (χ1) is 38.0. The van der Waals surface area contributed by atoms with Gasteiger partial charge in [0.05, 0.1) is 45.2 Å². The number of carboxylic acids is 1. The van der Waals surface area contributed by atoms with Gasteiger partial charge in [-0.15, -0.1) is 0 Å². The number of nitrogens with one attached hydrogen (secondary N) is 3. The number of aliphatic carboxylic acids is 1. The Balaban J connectivity index is 1.31. The van der Waals surface area contributed by atoms with E-state index in [9.17, 15) is 111 Å². The van der Waals surface area contributed by atoms with Crippen LogP contribution in [0.5, 0.6) is 0 Å². The zero-order valence-corrected chi connectivity index (χ0v) is 43.7. The molecule has 0 aromatic heterocycles. The van der Waals surface area contributed by atoms with Gasteiger partial charge in [-0.05, 0) is 6.92 Å². The summed E-state index contributed by atoms with van der Waals surface area (Å²) in [5.74, 6) is -7.87. The molecule has 36 nitrogen and oxygen atoms in total. The van der Waals surface area contributed by atoms with Crippen molar-refractivity contribution in [3.63, 3.8) is 0 Å². The van der Waals surface area contributed by atoms with Crippen LogP contribution in [0.1, 0.15) is 34.1 Å². The maximum atomic E-state index is 13.1. The molecule has 31 atom stereocenters. The number of ether oxygens (including phenoxy) is 11. The molecule has 36 heteroatoms. The summed E-state index contributed by atoms with van der Waals surface area (Å²) >= 11 is 0. The third kappa shape index (κ3) is 14.7. The number of hydrogen-bond donors (Lipinski definition) is 21. The van der Waals surface area contributed by atoms with Gasteiger partial charge < -0.3 is 160 Å². The van der Waals surface area contributed by atoms with Crippen molar-refractivity contribution in [3.05, 3.63) is 0 Å². The number of aliphatic hydroxyl groups excluding tert-OH is 17. The molecule has 0 spiro atoms. The van der Waals surface area contributed by atoms with Gasteiger partial charge in [0.25, 0.3) is 5.79 Å². The summed E-state index contributed by atoms with van der Waals surface area (Å²) in [5.41, 5.74) is 0. The van der Waals surface area contributed by atoms with Crippen molar-refractivity contribution in [2.45, 2.75) is 224 Å². The number of rotatable bonds is 21. The Morgan fingerprint density at radius 1 is 0.531 bits per heavy atom. The van der Waals surface area contributed by atoms with Gasteiger partial charge in [0.2, 0.25) is 17.7 Å². The van der Waals surface area contributed by atoms with E-state index in [1.165, 1.54) is 6.92 Å². The molecule has 0 aromatic rings. The third-order valence-corrected chi connectivity index (χ3v) is 14.5. The molecular formula is C45H75N3O33. The number of carbonyl (C=O) groups is 4. The van der Waals surface area contributed by atoms with Crippen LogP contribution in [0.15, 0.2) is 0 Å². The van der Waals surface area contributed by atoms with Gasteiger partial charge in [0, 0.05) is 27.2 Å². The lowest BCUT2D eigenvalue weighted by atomic mass is 9.90. The minimum absolute atomic E-state index is 0.797. The van der Waals surface area contributed by atoms with Crippen LogP contribution in [0, 0.1) is 0 Å². The van der Waals surface area contributed by atoms with Gasteiger partial charge in [0.15, 0.2) is 31.5 Å². The SMILES string of the molecule is CC(=O)N[C@@H]1[C@@H](O[C@@H]2O[C@H](CO)[C@H](O)[C@H](O[C@]3(C(=O)O)C[C@H](O)[C@@H](O)[C@H]([C@H](O)[C@H](O)CO)O3)[C@H]2O)[C@@H](O)[C@@H](CO[C@@H]2O[C@H](CO)[C@@H](O[C@@H]3O[C@@H](C)[C@@H](O)[C@@H](O)[C@@H]3O)[C@H](O[C@@H]3O[C@H](CO)[C@@H](O)[C@H](O)[C@H]3NC(C)=O)[C@H]2NC(C)=O)O[C@@H]1O. The molecule has 6 aliphatic heterocycles. The molecule has 6 rings (SSSR count). The highest BCUT2D eigenvalue weighted by molar-refractivity contribution is 5.76. The minimum Gasteiger partial charge on any atom is -0.477 e. The molecule has 0 bridgehead atoms. The molecule has 6 aliphatic rings. The lowest BCUT2D eigenvalue weighted by Crippen LogP contribution is -2.71. The van der Waals surface area contributed by atoms with Gasteiger partial charge in [0.1, 0.15) is 140 Å². The largest absolute Gasteiger partial charge is 0.477 e. The summed E-state index contributed by atoms with van der Waals surface area (Å²) in [6, 6.07) is -5.27. The Bertz CT molecular complexity index is 2080. The summed E-state index contributed by atoms with van der Waals surface area (Å²) in [6.07, 6.45) is -54.6. The first kappa shape index (κ1) is 66.9. The molecule has 81 heavy (non-hydrogen) atoms. The van der Waals surface area contributed by atoms with Crippen LogP contribution in [0.2, 0.25) is 0 Å². The molecule has 468 valence electrons. The highest BCUT2D eigenvalue weighted by Gasteiger charge is 2.61. The molecule has 3 amide bonds. The van der Waals surface area contributed by atoms with Crippen molar-refractivity contribution < 1.29 is 163 Å². The molecule has 0 radical (unpaired) electrons. The maximum Gasteiger partial charge on any atom is 0.364 e. The van der Waals surface area contributed by atoms with Crippen molar-refractivity contribution in [2.24, 2.45) is 0 Å². The molecule has 21 N–H and O–H groups in total. The first-order valence-electron chi connectivity index (χ1n) is 25.6. The predicted octanol–water partition coefficient (Wildman–Crippen LogP) is -13.4. The van der Waals surface area contributed by atoms with Crippen LogP contribution in [0.25, 0.3) is 0 Å². The molecular weight excluding hydrogens is 1110 g/mol.